The average Bonchev–Trinajstić information content (AvgIpc) is 2.17. The molecule has 1 rings (SSSR count). The number of aliphatic hydroxyl groups excluding tert-OH is 1. The molecule has 1 unspecified atom stereocenters. The van der Waals surface area contributed by atoms with E-state index in [4.69, 9.17) is 15.6 Å². The maximum Gasteiger partial charge on any atom is 0.323 e. The molecule has 0 saturated heterocycles. The zero-order chi connectivity index (χ0) is 11.3. The van der Waals surface area contributed by atoms with Crippen LogP contribution in [0.25, 0.3) is 0 Å². The number of nitrogens with one attached hydrogen (secondary N) is 1. The highest BCUT2D eigenvalue weighted by Gasteiger charge is 2.07. The molecule has 1 atom stereocenters. The summed E-state index contributed by atoms with van der Waals surface area (Å²) < 4.78 is 5.10. The third-order valence-corrected chi connectivity index (χ3v) is 1.55. The third-order valence-electron chi connectivity index (χ3n) is 1.55. The van der Waals surface area contributed by atoms with E-state index in [1.54, 1.807) is 6.92 Å². The van der Waals surface area contributed by atoms with Crippen molar-refractivity contribution < 1.29 is 9.84 Å². The van der Waals surface area contributed by atoms with Crippen LogP contribution in [0.3, 0.4) is 0 Å². The molecular formula is C8H15N5O2. The summed E-state index contributed by atoms with van der Waals surface area (Å²) >= 11 is 0. The number of nitrogens with zero attached hydrogens (tertiary/aromatic N) is 3. The van der Waals surface area contributed by atoms with Crippen LogP contribution in [0, 0.1) is 0 Å². The van der Waals surface area contributed by atoms with Crippen molar-refractivity contribution in [1.29, 1.82) is 0 Å². The Morgan fingerprint density at radius 1 is 1.47 bits per heavy atom. The molecule has 0 aliphatic heterocycles. The predicted molar refractivity (Wildman–Crippen MR) is 55.6 cm³/mol. The van der Waals surface area contributed by atoms with E-state index < -0.39 is 0 Å². The van der Waals surface area contributed by atoms with Crippen molar-refractivity contribution in [2.45, 2.75) is 19.9 Å². The summed E-state index contributed by atoms with van der Waals surface area (Å²) in [4.78, 5) is 11.6. The van der Waals surface area contributed by atoms with Crippen LogP contribution in [-0.4, -0.2) is 39.3 Å². The molecule has 7 heteroatoms. The topological polar surface area (TPSA) is 106 Å². The molecule has 0 aliphatic rings. The molecule has 0 radical (unpaired) electrons. The molecule has 0 saturated carbocycles. The molecule has 0 amide bonds. The molecule has 0 fully saturated rings. The number of hydrogen-bond donors (Lipinski definition) is 3. The summed E-state index contributed by atoms with van der Waals surface area (Å²) in [5.74, 6) is 0.383. The first kappa shape index (κ1) is 11.4. The number of ether oxygens (including phenoxy) is 1. The Labute approximate surface area is 87.7 Å². The Balaban J connectivity index is 2.78. The van der Waals surface area contributed by atoms with E-state index in [0.29, 0.717) is 12.6 Å². The lowest BCUT2D eigenvalue weighted by Crippen LogP contribution is -2.21. The normalized spacial score (nSPS) is 12.2. The lowest BCUT2D eigenvalue weighted by molar-refractivity contribution is 0.280. The molecule has 4 N–H and O–H groups in total. The Morgan fingerprint density at radius 2 is 2.20 bits per heavy atom. The highest BCUT2D eigenvalue weighted by atomic mass is 16.5. The minimum atomic E-state index is -0.152. The highest BCUT2D eigenvalue weighted by Crippen LogP contribution is 2.09. The first-order valence-electron chi connectivity index (χ1n) is 4.67. The third kappa shape index (κ3) is 3.55. The molecule has 15 heavy (non-hydrogen) atoms. The number of anilines is 2. The van der Waals surface area contributed by atoms with Gasteiger partial charge in [-0.1, -0.05) is 0 Å². The minimum Gasteiger partial charge on any atom is -0.464 e. The Hall–Kier alpha value is -1.63. The fraction of sp³-hybridized carbons (Fsp3) is 0.625. The van der Waals surface area contributed by atoms with Gasteiger partial charge in [0.1, 0.15) is 0 Å². The zero-order valence-electron chi connectivity index (χ0n) is 8.77. The fourth-order valence-corrected chi connectivity index (χ4v) is 0.896. The van der Waals surface area contributed by atoms with Crippen molar-refractivity contribution in [3.63, 3.8) is 0 Å². The van der Waals surface area contributed by atoms with E-state index >= 15 is 0 Å². The monoisotopic (exact) mass is 213 g/mol. The highest BCUT2D eigenvalue weighted by molar-refractivity contribution is 5.33. The smallest absolute Gasteiger partial charge is 0.323 e. The van der Waals surface area contributed by atoms with Crippen LogP contribution in [0.4, 0.5) is 11.9 Å². The molecule has 0 aromatic carbocycles. The van der Waals surface area contributed by atoms with Crippen molar-refractivity contribution in [3.8, 4) is 6.01 Å². The number of aromatic nitrogens is 3. The summed E-state index contributed by atoms with van der Waals surface area (Å²) in [6, 6.07) is 0.0268. The van der Waals surface area contributed by atoms with Crippen molar-refractivity contribution in [3.05, 3.63) is 0 Å². The van der Waals surface area contributed by atoms with Gasteiger partial charge in [-0.25, -0.2) is 0 Å². The predicted octanol–water partition coefficient (Wildman–Crippen LogP) is -0.355. The van der Waals surface area contributed by atoms with E-state index in [1.165, 1.54) is 0 Å². The van der Waals surface area contributed by atoms with Crippen molar-refractivity contribution >= 4 is 11.9 Å². The number of hydrogen-bond acceptors (Lipinski definition) is 7. The molecular weight excluding hydrogens is 198 g/mol. The SMILES string of the molecule is CCOc1nc(N)nc(NC(C)CO)n1. The van der Waals surface area contributed by atoms with Gasteiger partial charge in [0, 0.05) is 6.04 Å². The molecule has 0 bridgehead atoms. The van der Waals surface area contributed by atoms with Gasteiger partial charge in [-0.05, 0) is 13.8 Å². The lowest BCUT2D eigenvalue weighted by Gasteiger charge is -2.11. The van der Waals surface area contributed by atoms with Crippen LogP contribution in [-0.2, 0) is 0 Å². The van der Waals surface area contributed by atoms with E-state index in [2.05, 4.69) is 20.3 Å². The van der Waals surface area contributed by atoms with Gasteiger partial charge in [0.25, 0.3) is 0 Å². The van der Waals surface area contributed by atoms with Gasteiger partial charge in [0.15, 0.2) is 0 Å². The summed E-state index contributed by atoms with van der Waals surface area (Å²) in [5, 5.41) is 11.7. The lowest BCUT2D eigenvalue weighted by atomic mass is 10.4. The summed E-state index contributed by atoms with van der Waals surface area (Å²) in [5.41, 5.74) is 5.46. The summed E-state index contributed by atoms with van der Waals surface area (Å²) in [7, 11) is 0. The molecule has 1 aromatic heterocycles. The van der Waals surface area contributed by atoms with E-state index in [9.17, 15) is 0 Å². The number of rotatable bonds is 5. The second-order valence-corrected chi connectivity index (χ2v) is 2.96. The van der Waals surface area contributed by atoms with Gasteiger partial charge < -0.3 is 20.9 Å². The fourth-order valence-electron chi connectivity index (χ4n) is 0.896. The number of nitrogen functional groups attached to an aromatic ring is 1. The molecule has 1 aromatic rings. The van der Waals surface area contributed by atoms with E-state index in [0.717, 1.165) is 0 Å². The second kappa shape index (κ2) is 5.30. The van der Waals surface area contributed by atoms with Gasteiger partial charge in [-0.15, -0.1) is 0 Å². The first-order valence-corrected chi connectivity index (χ1v) is 4.67. The molecule has 1 heterocycles. The zero-order valence-corrected chi connectivity index (χ0v) is 8.77. The Kier molecular flexibility index (Phi) is 4.04. The van der Waals surface area contributed by atoms with Crippen molar-refractivity contribution in [1.82, 2.24) is 15.0 Å². The summed E-state index contributed by atoms with van der Waals surface area (Å²) in [6.45, 7) is 4.05. The largest absolute Gasteiger partial charge is 0.464 e. The Bertz CT molecular complexity index is 320. The average molecular weight is 213 g/mol. The van der Waals surface area contributed by atoms with Crippen LogP contribution in [0.1, 0.15) is 13.8 Å². The molecule has 7 nitrogen and oxygen atoms in total. The minimum absolute atomic E-state index is 0.0183. The van der Waals surface area contributed by atoms with Gasteiger partial charge >= 0.3 is 6.01 Å². The number of nitrogens with two attached hydrogens (primary N) is 1. The van der Waals surface area contributed by atoms with Gasteiger partial charge in [-0.2, -0.15) is 15.0 Å². The second-order valence-electron chi connectivity index (χ2n) is 2.96. The molecule has 84 valence electrons. The van der Waals surface area contributed by atoms with Crippen LogP contribution < -0.4 is 15.8 Å². The van der Waals surface area contributed by atoms with Gasteiger partial charge in [-0.3, -0.25) is 0 Å². The summed E-state index contributed by atoms with van der Waals surface area (Å²) in [6.07, 6.45) is 0. The van der Waals surface area contributed by atoms with Gasteiger partial charge in [0.05, 0.1) is 13.2 Å². The molecule has 0 spiro atoms. The van der Waals surface area contributed by atoms with E-state index in [1.807, 2.05) is 6.92 Å². The quantitative estimate of drug-likeness (QED) is 0.613. The Morgan fingerprint density at radius 3 is 2.80 bits per heavy atom. The standard InChI is InChI=1S/C8H15N5O2/c1-3-15-8-12-6(9)11-7(13-8)10-5(2)4-14/h5,14H,3-4H2,1-2H3,(H3,9,10,11,12,13). The molecule has 0 aliphatic carbocycles. The maximum absolute atomic E-state index is 8.84. The van der Waals surface area contributed by atoms with Crippen molar-refractivity contribution in [2.24, 2.45) is 0 Å². The first-order chi connectivity index (χ1) is 7.15. The van der Waals surface area contributed by atoms with Crippen molar-refractivity contribution in [2.75, 3.05) is 24.3 Å². The van der Waals surface area contributed by atoms with Crippen LogP contribution in [0.15, 0.2) is 0 Å². The van der Waals surface area contributed by atoms with E-state index in [-0.39, 0.29) is 24.6 Å². The number of aliphatic hydroxyl groups is 1. The van der Waals surface area contributed by atoms with Crippen LogP contribution in [0.2, 0.25) is 0 Å². The maximum atomic E-state index is 8.84. The van der Waals surface area contributed by atoms with Gasteiger partial charge in [0.2, 0.25) is 11.9 Å². The van der Waals surface area contributed by atoms with Crippen LogP contribution in [0.5, 0.6) is 6.01 Å². The van der Waals surface area contributed by atoms with Crippen LogP contribution >= 0.6 is 0 Å².